The number of alkyl halides is 2. The number of carbonyl (C=O) groups is 1. The van der Waals surface area contributed by atoms with Gasteiger partial charge in [0.05, 0.1) is 12.2 Å². The third kappa shape index (κ3) is 4.44. The zero-order valence-electron chi connectivity index (χ0n) is 14.1. The first-order valence-electron chi connectivity index (χ1n) is 8.13. The predicted molar refractivity (Wildman–Crippen MR) is 99.0 cm³/mol. The molecule has 0 saturated heterocycles. The number of nitrogens with one attached hydrogen (secondary N) is 1. The number of carbonyl (C=O) groups excluding carboxylic acids is 1. The maximum atomic E-state index is 12.4. The number of halogens is 2. The van der Waals surface area contributed by atoms with Crippen LogP contribution in [0.25, 0.3) is 0 Å². The Hall–Kier alpha value is -1.78. The lowest BCUT2D eigenvalue weighted by Gasteiger charge is -2.25. The van der Waals surface area contributed by atoms with E-state index in [9.17, 15) is 4.79 Å². The molecule has 6 heteroatoms. The minimum Gasteiger partial charge on any atom is -0.478 e. The molecule has 4 nitrogen and oxygen atoms in total. The molecule has 1 aromatic heterocycles. The molecule has 1 saturated carbocycles. The fourth-order valence-corrected chi connectivity index (χ4v) is 3.13. The number of benzene rings is 1. The van der Waals surface area contributed by atoms with Gasteiger partial charge >= 0.3 is 0 Å². The molecule has 1 heterocycles. The fraction of sp³-hybridized carbons (Fsp3) is 0.368. The molecule has 2 aromatic rings. The Labute approximate surface area is 157 Å². The summed E-state index contributed by atoms with van der Waals surface area (Å²) in [7, 11) is 0. The van der Waals surface area contributed by atoms with Gasteiger partial charge in [0.25, 0.3) is 5.91 Å². The maximum Gasteiger partial charge on any atom is 0.263 e. The van der Waals surface area contributed by atoms with Gasteiger partial charge in [-0.25, -0.2) is 0 Å². The lowest BCUT2D eigenvalue weighted by atomic mass is 10.1. The number of rotatable bonds is 6. The van der Waals surface area contributed by atoms with Crippen LogP contribution in [0.3, 0.4) is 0 Å². The molecule has 1 fully saturated rings. The van der Waals surface area contributed by atoms with E-state index in [2.05, 4.69) is 10.3 Å². The highest BCUT2D eigenvalue weighted by atomic mass is 35.5. The molecule has 0 radical (unpaired) electrons. The van der Waals surface area contributed by atoms with Gasteiger partial charge in [0, 0.05) is 12.1 Å². The normalized spacial score (nSPS) is 18.5. The lowest BCUT2D eigenvalue weighted by molar-refractivity contribution is -0.134. The summed E-state index contributed by atoms with van der Waals surface area (Å²) >= 11 is 12.2. The van der Waals surface area contributed by atoms with E-state index in [1.165, 1.54) is 0 Å². The largest absolute Gasteiger partial charge is 0.478 e. The molecule has 0 spiro atoms. The molecule has 1 N–H and O–H groups in total. The molecular formula is C19H20Cl2N2O2. The van der Waals surface area contributed by atoms with Crippen LogP contribution in [0.15, 0.2) is 48.7 Å². The summed E-state index contributed by atoms with van der Waals surface area (Å²) in [6.07, 6.45) is 2.46. The third-order valence-electron chi connectivity index (χ3n) is 4.18. The van der Waals surface area contributed by atoms with Crippen molar-refractivity contribution in [3.05, 3.63) is 59.9 Å². The number of pyridine rings is 1. The first-order valence-corrected chi connectivity index (χ1v) is 8.88. The van der Waals surface area contributed by atoms with Crippen molar-refractivity contribution in [3.63, 3.8) is 0 Å². The summed E-state index contributed by atoms with van der Waals surface area (Å²) in [5.41, 5.74) is 0.874. The van der Waals surface area contributed by atoms with Crippen molar-refractivity contribution in [1.82, 2.24) is 10.3 Å². The van der Waals surface area contributed by atoms with Crippen LogP contribution in [0.4, 0.5) is 0 Å². The zero-order valence-corrected chi connectivity index (χ0v) is 15.6. The molecule has 1 amide bonds. The number of amides is 1. The van der Waals surface area contributed by atoms with Gasteiger partial charge < -0.3 is 10.1 Å². The van der Waals surface area contributed by atoms with Gasteiger partial charge in [0.15, 0.2) is 5.60 Å². The van der Waals surface area contributed by atoms with Crippen LogP contribution in [0.1, 0.15) is 37.4 Å². The highest BCUT2D eigenvalue weighted by Crippen LogP contribution is 2.59. The molecule has 1 aromatic carbocycles. The van der Waals surface area contributed by atoms with E-state index >= 15 is 0 Å². The van der Waals surface area contributed by atoms with E-state index in [0.717, 1.165) is 17.7 Å². The first kappa shape index (κ1) is 18.0. The van der Waals surface area contributed by atoms with E-state index in [1.807, 2.05) is 42.5 Å². The van der Waals surface area contributed by atoms with E-state index in [4.69, 9.17) is 27.9 Å². The maximum absolute atomic E-state index is 12.4. The molecule has 1 unspecified atom stereocenters. The predicted octanol–water partition coefficient (Wildman–Crippen LogP) is 4.22. The molecule has 3 rings (SSSR count). The SMILES string of the molecule is CC(C)(Oc1ccc(C2CC2(Cl)Cl)cc1)C(=O)NCc1ccccn1. The van der Waals surface area contributed by atoms with Gasteiger partial charge in [-0.15, -0.1) is 23.2 Å². The van der Waals surface area contributed by atoms with Crippen molar-refractivity contribution in [2.24, 2.45) is 0 Å². The fourth-order valence-electron chi connectivity index (χ4n) is 2.57. The lowest BCUT2D eigenvalue weighted by Crippen LogP contribution is -2.46. The quantitative estimate of drug-likeness (QED) is 0.765. The van der Waals surface area contributed by atoms with Crippen molar-refractivity contribution in [2.75, 3.05) is 0 Å². The Morgan fingerprint density at radius 3 is 2.52 bits per heavy atom. The molecular weight excluding hydrogens is 359 g/mol. The highest BCUT2D eigenvalue weighted by Gasteiger charge is 2.52. The summed E-state index contributed by atoms with van der Waals surface area (Å²) in [6.45, 7) is 3.83. The Kier molecular flexibility index (Phi) is 4.94. The van der Waals surface area contributed by atoms with Gasteiger partial charge in [0.2, 0.25) is 0 Å². The monoisotopic (exact) mass is 378 g/mol. The molecule has 0 bridgehead atoms. The van der Waals surface area contributed by atoms with Crippen LogP contribution in [0.2, 0.25) is 0 Å². The standard InChI is InChI=1S/C19H20Cl2N2O2/c1-18(2,17(24)23-12-14-5-3-4-10-22-14)25-15-8-6-13(7-9-15)16-11-19(16,20)21/h3-10,16H,11-12H2,1-2H3,(H,23,24). The Bertz CT molecular complexity index is 746. The summed E-state index contributed by atoms with van der Waals surface area (Å²) in [6, 6.07) is 13.1. The van der Waals surface area contributed by atoms with Crippen LogP contribution < -0.4 is 10.1 Å². The molecule has 0 aliphatic heterocycles. The second kappa shape index (κ2) is 6.85. The van der Waals surface area contributed by atoms with Crippen molar-refractivity contribution < 1.29 is 9.53 Å². The average Bonchev–Trinajstić information content (AvgIpc) is 3.22. The first-order chi connectivity index (χ1) is 11.8. The van der Waals surface area contributed by atoms with Crippen LogP contribution in [0, 0.1) is 0 Å². The van der Waals surface area contributed by atoms with Crippen LogP contribution in [-0.2, 0) is 11.3 Å². The molecule has 1 aliphatic carbocycles. The summed E-state index contributed by atoms with van der Waals surface area (Å²) < 4.78 is 5.21. The zero-order chi connectivity index (χ0) is 18.1. The van der Waals surface area contributed by atoms with Crippen LogP contribution >= 0.6 is 23.2 Å². The number of hydrogen-bond acceptors (Lipinski definition) is 3. The van der Waals surface area contributed by atoms with Crippen LogP contribution in [-0.4, -0.2) is 20.8 Å². The van der Waals surface area contributed by atoms with Gasteiger partial charge in [-0.1, -0.05) is 18.2 Å². The second-order valence-electron chi connectivity index (χ2n) is 6.70. The van der Waals surface area contributed by atoms with E-state index in [1.54, 1.807) is 20.0 Å². The van der Waals surface area contributed by atoms with E-state index in [0.29, 0.717) is 12.3 Å². The number of aromatic nitrogens is 1. The average molecular weight is 379 g/mol. The number of hydrogen-bond donors (Lipinski definition) is 1. The van der Waals surface area contributed by atoms with Crippen molar-refractivity contribution in [1.29, 1.82) is 0 Å². The minimum atomic E-state index is -1.00. The minimum absolute atomic E-state index is 0.166. The van der Waals surface area contributed by atoms with Crippen molar-refractivity contribution >= 4 is 29.1 Å². The van der Waals surface area contributed by atoms with Gasteiger partial charge in [-0.05, 0) is 50.1 Å². The van der Waals surface area contributed by atoms with E-state index in [-0.39, 0.29) is 11.8 Å². The number of nitrogens with zero attached hydrogens (tertiary/aromatic N) is 1. The van der Waals surface area contributed by atoms with Gasteiger partial charge in [-0.3, -0.25) is 9.78 Å². The topological polar surface area (TPSA) is 51.2 Å². The molecule has 25 heavy (non-hydrogen) atoms. The smallest absolute Gasteiger partial charge is 0.263 e. The Morgan fingerprint density at radius 2 is 1.96 bits per heavy atom. The molecule has 132 valence electrons. The van der Waals surface area contributed by atoms with Gasteiger partial charge in [0.1, 0.15) is 10.1 Å². The molecule has 1 aliphatic rings. The Morgan fingerprint density at radius 1 is 1.28 bits per heavy atom. The Balaban J connectivity index is 1.57. The van der Waals surface area contributed by atoms with Crippen molar-refractivity contribution in [2.45, 2.75) is 42.7 Å². The second-order valence-corrected chi connectivity index (χ2v) is 8.25. The molecule has 1 atom stereocenters. The van der Waals surface area contributed by atoms with Crippen LogP contribution in [0.5, 0.6) is 5.75 Å². The summed E-state index contributed by atoms with van der Waals surface area (Å²) in [5, 5.41) is 2.85. The van der Waals surface area contributed by atoms with E-state index < -0.39 is 9.93 Å². The van der Waals surface area contributed by atoms with Gasteiger partial charge in [-0.2, -0.15) is 0 Å². The van der Waals surface area contributed by atoms with Crippen molar-refractivity contribution in [3.8, 4) is 5.75 Å². The third-order valence-corrected chi connectivity index (χ3v) is 5.02. The number of ether oxygens (including phenoxy) is 1. The summed E-state index contributed by atoms with van der Waals surface area (Å²) in [5.74, 6) is 0.585. The summed E-state index contributed by atoms with van der Waals surface area (Å²) in [4.78, 5) is 16.6. The highest BCUT2D eigenvalue weighted by molar-refractivity contribution is 6.51.